The Morgan fingerprint density at radius 2 is 1.00 bits per heavy atom. The molecular formula is CH4I5V2. The number of rotatable bonds is 0. The van der Waals surface area contributed by atoms with Crippen molar-refractivity contribution in [1.82, 2.24) is 0 Å². The molecule has 0 rings (SSSR count). The van der Waals surface area contributed by atoms with Crippen LogP contribution in [0.5, 0.6) is 0 Å². The van der Waals surface area contributed by atoms with Gasteiger partial charge in [-0.05, 0) is 0 Å². The van der Waals surface area contributed by atoms with E-state index in [2.05, 4.69) is 99.9 Å². The van der Waals surface area contributed by atoms with Crippen molar-refractivity contribution in [3.05, 3.63) is 0 Å². The van der Waals surface area contributed by atoms with Gasteiger partial charge in [-0.2, -0.15) is 0 Å². The van der Waals surface area contributed by atoms with Crippen molar-refractivity contribution in [2.24, 2.45) is 0 Å². The van der Waals surface area contributed by atoms with Crippen LogP contribution in [-0.2, 0) is 14.4 Å². The molecule has 0 nitrogen and oxygen atoms in total. The zero-order valence-electron chi connectivity index (χ0n) is 2.78. The molecule has 0 aliphatic heterocycles. The van der Waals surface area contributed by atoms with E-state index in [1.54, 1.807) is 0 Å². The van der Waals surface area contributed by atoms with Crippen molar-refractivity contribution in [1.29, 1.82) is 0 Å². The van der Waals surface area contributed by atoms with Gasteiger partial charge in [-0.3, -0.25) is 0 Å². The Hall–Kier alpha value is 4.82. The molecule has 0 unspecified atom stereocenters. The Morgan fingerprint density at radius 1 is 1.00 bits per heavy atom. The molecule has 0 saturated heterocycles. The summed E-state index contributed by atoms with van der Waals surface area (Å²) < 4.78 is 0. The molecule has 0 saturated carbocycles. The van der Waals surface area contributed by atoms with Gasteiger partial charge in [0.15, 0.2) is 0 Å². The van der Waals surface area contributed by atoms with E-state index < -0.39 is 0 Å². The molecule has 0 N–H and O–H groups in total. The number of hydrogen-bond acceptors (Lipinski definition) is 0. The molecule has 8 heavy (non-hydrogen) atoms. The first kappa shape index (κ1) is 18.6. The van der Waals surface area contributed by atoms with Crippen molar-refractivity contribution in [3.8, 4) is 0 Å². The summed E-state index contributed by atoms with van der Waals surface area (Å²) in [6.45, 7) is 0. The van der Waals surface area contributed by atoms with Crippen LogP contribution in [0, 0.1) is 0 Å². The van der Waals surface area contributed by atoms with Crippen molar-refractivity contribution in [3.63, 3.8) is 0 Å². The first-order chi connectivity index (χ1) is 3.15. The molecule has 0 aliphatic rings. The summed E-state index contributed by atoms with van der Waals surface area (Å²) >= 11 is 12.1. The Bertz CT molecular complexity index is 21.6. The molecule has 0 aromatic carbocycles. The first-order valence-corrected chi connectivity index (χ1v) is 23.4. The van der Waals surface area contributed by atoms with Gasteiger partial charge in [-0.15, -0.1) is 0 Å². The Morgan fingerprint density at radius 3 is 1.00 bits per heavy atom. The molecule has 53 valence electrons. The summed E-state index contributed by atoms with van der Waals surface area (Å²) in [5, 5.41) is 0. The Labute approximate surface area is 118 Å². The maximum absolute atomic E-state index is 2.46. The second kappa shape index (κ2) is 17.8. The number of halogens is 5. The van der Waals surface area contributed by atoms with Crippen LogP contribution >= 0.6 is 99.9 Å². The molecule has 0 aromatic rings. The molecule has 0 heterocycles. The summed E-state index contributed by atoms with van der Waals surface area (Å²) in [5.74, 6) is 0. The van der Waals surface area contributed by atoms with Gasteiger partial charge in [-0.1, -0.05) is 7.43 Å². The molecule has 0 radical (unpaired) electrons. The zero-order chi connectivity index (χ0) is 6.28. The van der Waals surface area contributed by atoms with Gasteiger partial charge in [0.1, 0.15) is 0 Å². The van der Waals surface area contributed by atoms with Gasteiger partial charge in [-0.25, -0.2) is 0 Å². The topological polar surface area (TPSA) is 0 Å². The quantitative estimate of drug-likeness (QED) is 0.304. The van der Waals surface area contributed by atoms with E-state index in [4.69, 9.17) is 0 Å². The van der Waals surface area contributed by atoms with E-state index >= 15 is 0 Å². The van der Waals surface area contributed by atoms with Crippen molar-refractivity contribution in [2.75, 3.05) is 0 Å². The third kappa shape index (κ3) is 44.9. The number of hydrogen-bond donors (Lipinski definition) is 0. The third-order valence-electron chi connectivity index (χ3n) is 0. The minimum atomic E-state index is -0.278. The van der Waals surface area contributed by atoms with E-state index in [0.29, 0.717) is 9.47 Å². The van der Waals surface area contributed by atoms with Gasteiger partial charge >= 0.3 is 114 Å². The van der Waals surface area contributed by atoms with E-state index in [9.17, 15) is 0 Å². The second-order valence-corrected chi connectivity index (χ2v) is 47.4. The molecule has 0 aliphatic carbocycles. The van der Waals surface area contributed by atoms with Crippen molar-refractivity contribution in [2.45, 2.75) is 7.43 Å². The molecular weight excluding hydrogens is 748 g/mol. The zero-order valence-corrected chi connectivity index (χ0v) is 16.4. The molecule has 0 aromatic heterocycles. The molecule has 0 fully saturated rings. The van der Waals surface area contributed by atoms with Crippen LogP contribution in [0.2, 0.25) is 0 Å². The van der Waals surface area contributed by atoms with E-state index in [-0.39, 0.29) is 12.3 Å². The van der Waals surface area contributed by atoms with Crippen molar-refractivity contribution < 1.29 is 14.4 Å². The van der Waals surface area contributed by atoms with Gasteiger partial charge in [0.2, 0.25) is 0 Å². The van der Waals surface area contributed by atoms with E-state index in [0.717, 1.165) is 0 Å². The van der Waals surface area contributed by atoms with Gasteiger partial charge in [0, 0.05) is 0 Å². The molecule has 0 spiro atoms. The SMILES string of the molecule is C.[I][V]([I])[I].[I][V][I]. The van der Waals surface area contributed by atoms with Crippen LogP contribution in [0.25, 0.3) is 0 Å². The van der Waals surface area contributed by atoms with Crippen LogP contribution in [-0.4, -0.2) is 0 Å². The summed E-state index contributed by atoms with van der Waals surface area (Å²) in [6, 6.07) is 0. The minimum absolute atomic E-state index is 0. The normalized spacial score (nSPS) is 6.25. The van der Waals surface area contributed by atoms with Crippen LogP contribution in [0.3, 0.4) is 0 Å². The monoisotopic (exact) mass is 752 g/mol. The standard InChI is InChI=1S/CH4.5HI.2V/h1H4;5*1H;;/q;;;;;;+2;+3/p-5. The van der Waals surface area contributed by atoms with Crippen LogP contribution in [0.1, 0.15) is 7.43 Å². The fourth-order valence-electron chi connectivity index (χ4n) is 0. The summed E-state index contributed by atoms with van der Waals surface area (Å²) in [5.41, 5.74) is 0. The predicted molar refractivity (Wildman–Crippen MR) is 76.8 cm³/mol. The van der Waals surface area contributed by atoms with Gasteiger partial charge in [0.05, 0.1) is 0 Å². The Kier molecular flexibility index (Phi) is 41.3. The van der Waals surface area contributed by atoms with Crippen LogP contribution < -0.4 is 0 Å². The summed E-state index contributed by atoms with van der Waals surface area (Å²) in [4.78, 5) is -0.278. The fraction of sp³-hybridized carbons (Fsp3) is 1.00. The fourth-order valence-corrected chi connectivity index (χ4v) is 0. The summed E-state index contributed by atoms with van der Waals surface area (Å²) in [6.07, 6.45) is 0. The third-order valence-corrected chi connectivity index (χ3v) is 0. The van der Waals surface area contributed by atoms with Crippen LogP contribution in [0.15, 0.2) is 0 Å². The van der Waals surface area contributed by atoms with Crippen molar-refractivity contribution >= 4 is 99.9 Å². The second-order valence-electron chi connectivity index (χ2n) is 0.256. The van der Waals surface area contributed by atoms with Gasteiger partial charge < -0.3 is 0 Å². The average molecular weight is 752 g/mol. The Balaban J connectivity index is -0.0000000575. The van der Waals surface area contributed by atoms with E-state index in [1.807, 2.05) is 0 Å². The van der Waals surface area contributed by atoms with Crippen LogP contribution in [0.4, 0.5) is 0 Å². The summed E-state index contributed by atoms with van der Waals surface area (Å²) in [7, 11) is 0.628. The molecule has 7 heteroatoms. The molecule has 0 atom stereocenters. The maximum atomic E-state index is 2.46. The molecule has 0 bridgehead atoms. The first-order valence-electron chi connectivity index (χ1n) is 0.845. The average Bonchev–Trinajstić information content (AvgIpc) is 1.33. The van der Waals surface area contributed by atoms with E-state index in [1.165, 1.54) is 0 Å². The predicted octanol–water partition coefficient (Wildman–Crippen LogP) is 5.06. The van der Waals surface area contributed by atoms with Gasteiger partial charge in [0.25, 0.3) is 0 Å². The molecule has 0 amide bonds.